The Morgan fingerprint density at radius 3 is 1.88 bits per heavy atom. The Hall–Kier alpha value is -3.50. The molecule has 0 spiro atoms. The topological polar surface area (TPSA) is 78.9 Å². The van der Waals surface area contributed by atoms with E-state index in [1.54, 1.807) is 24.3 Å². The van der Waals surface area contributed by atoms with Gasteiger partial charge in [0.1, 0.15) is 5.75 Å². The van der Waals surface area contributed by atoms with Crippen molar-refractivity contribution >= 4 is 37.5 Å². The number of nitrogens with zero attached hydrogens (tertiary/aromatic N) is 2. The quantitative estimate of drug-likeness (QED) is 0.265. The predicted octanol–water partition coefficient (Wildman–Crippen LogP) is 5.56. The highest BCUT2D eigenvalue weighted by Gasteiger charge is 2.32. The molecule has 4 aromatic carbocycles. The lowest BCUT2D eigenvalue weighted by atomic mass is 9.96. The molecule has 7 nitrogen and oxygen atoms in total. The molecule has 1 aliphatic heterocycles. The van der Waals surface area contributed by atoms with Gasteiger partial charge in [-0.15, -0.1) is 0 Å². The standard InChI is InChI=1S/C31H30BrN3O4S/c32-26-11-15-28(16-12-26)39-23-30(36)33-27-13-17-29(18-14-27)40(37,38)35-21-19-34(20-22-35)31(24-7-3-1-4-8-24)25-9-5-2-6-10-25/h1-18,31H,19-23H2,(H,33,36). The second kappa shape index (κ2) is 12.8. The van der Waals surface area contributed by atoms with Gasteiger partial charge in [0.25, 0.3) is 5.91 Å². The van der Waals surface area contributed by atoms with Gasteiger partial charge in [0.2, 0.25) is 10.0 Å². The number of benzene rings is 4. The first-order chi connectivity index (χ1) is 19.4. The van der Waals surface area contributed by atoms with Crippen molar-refractivity contribution in [1.82, 2.24) is 9.21 Å². The molecule has 4 aromatic rings. The Morgan fingerprint density at radius 1 is 0.775 bits per heavy atom. The predicted molar refractivity (Wildman–Crippen MR) is 160 cm³/mol. The number of piperazine rings is 1. The second-order valence-electron chi connectivity index (χ2n) is 9.48. The molecule has 0 atom stereocenters. The summed E-state index contributed by atoms with van der Waals surface area (Å²) >= 11 is 3.36. The number of halogens is 1. The Bertz CT molecular complexity index is 1470. The Balaban J connectivity index is 1.19. The van der Waals surface area contributed by atoms with E-state index in [9.17, 15) is 13.2 Å². The molecule has 9 heteroatoms. The monoisotopic (exact) mass is 619 g/mol. The van der Waals surface area contributed by atoms with Crippen LogP contribution in [0, 0.1) is 0 Å². The third-order valence-electron chi connectivity index (χ3n) is 6.83. The fourth-order valence-corrected chi connectivity index (χ4v) is 6.51. The Morgan fingerprint density at radius 2 is 1.32 bits per heavy atom. The fraction of sp³-hybridized carbons (Fsp3) is 0.194. The van der Waals surface area contributed by atoms with Crippen LogP contribution in [0.2, 0.25) is 0 Å². The fourth-order valence-electron chi connectivity index (χ4n) is 4.82. The molecule has 0 aromatic heterocycles. The van der Waals surface area contributed by atoms with Crippen LogP contribution in [0.3, 0.4) is 0 Å². The molecule has 0 unspecified atom stereocenters. The first kappa shape index (κ1) is 28.0. The lowest BCUT2D eigenvalue weighted by molar-refractivity contribution is -0.118. The summed E-state index contributed by atoms with van der Waals surface area (Å²) in [6, 6.07) is 34.1. The van der Waals surface area contributed by atoms with Crippen LogP contribution in [0.25, 0.3) is 0 Å². The lowest BCUT2D eigenvalue weighted by Crippen LogP contribution is -2.49. The smallest absolute Gasteiger partial charge is 0.262 e. The summed E-state index contributed by atoms with van der Waals surface area (Å²) < 4.78 is 34.8. The van der Waals surface area contributed by atoms with Crippen LogP contribution in [-0.4, -0.2) is 56.3 Å². The summed E-state index contributed by atoms with van der Waals surface area (Å²) in [5.74, 6) is 0.250. The molecule has 0 bridgehead atoms. The van der Waals surface area contributed by atoms with Crippen molar-refractivity contribution in [2.45, 2.75) is 10.9 Å². The number of nitrogens with one attached hydrogen (secondary N) is 1. The van der Waals surface area contributed by atoms with Gasteiger partial charge >= 0.3 is 0 Å². The van der Waals surface area contributed by atoms with Gasteiger partial charge in [-0.05, 0) is 59.7 Å². The van der Waals surface area contributed by atoms with Crippen LogP contribution in [0.5, 0.6) is 5.75 Å². The third-order valence-corrected chi connectivity index (χ3v) is 9.27. The van der Waals surface area contributed by atoms with Gasteiger partial charge in [-0.3, -0.25) is 9.69 Å². The first-order valence-corrected chi connectivity index (χ1v) is 15.3. The number of anilines is 1. The zero-order chi connectivity index (χ0) is 28.0. The molecule has 5 rings (SSSR count). The highest BCUT2D eigenvalue weighted by molar-refractivity contribution is 9.10. The summed E-state index contributed by atoms with van der Waals surface area (Å²) in [6.07, 6.45) is 0. The van der Waals surface area contributed by atoms with Gasteiger partial charge in [-0.25, -0.2) is 8.42 Å². The number of carbonyl (C=O) groups excluding carboxylic acids is 1. The van der Waals surface area contributed by atoms with E-state index in [1.807, 2.05) is 48.5 Å². The number of sulfonamides is 1. The van der Waals surface area contributed by atoms with Gasteiger partial charge in [-0.1, -0.05) is 76.6 Å². The molecule has 206 valence electrons. The van der Waals surface area contributed by atoms with E-state index in [4.69, 9.17) is 4.74 Å². The minimum absolute atomic E-state index is 0.0582. The van der Waals surface area contributed by atoms with Gasteiger partial charge in [0.15, 0.2) is 6.61 Å². The van der Waals surface area contributed by atoms with Crippen molar-refractivity contribution in [3.8, 4) is 5.75 Å². The van der Waals surface area contributed by atoms with E-state index in [0.717, 1.165) is 4.47 Å². The van der Waals surface area contributed by atoms with Crippen molar-refractivity contribution in [2.24, 2.45) is 0 Å². The van der Waals surface area contributed by atoms with E-state index in [2.05, 4.69) is 50.4 Å². The molecule has 1 amide bonds. The van der Waals surface area contributed by atoms with Gasteiger partial charge in [-0.2, -0.15) is 4.31 Å². The van der Waals surface area contributed by atoms with Crippen molar-refractivity contribution in [3.05, 3.63) is 125 Å². The van der Waals surface area contributed by atoms with Crippen molar-refractivity contribution < 1.29 is 17.9 Å². The van der Waals surface area contributed by atoms with Crippen LogP contribution >= 0.6 is 15.9 Å². The molecular weight excluding hydrogens is 590 g/mol. The zero-order valence-electron chi connectivity index (χ0n) is 21.8. The Kier molecular flexibility index (Phi) is 8.96. The number of carbonyl (C=O) groups is 1. The molecule has 0 radical (unpaired) electrons. The number of hydrogen-bond acceptors (Lipinski definition) is 5. The molecule has 1 aliphatic rings. The minimum Gasteiger partial charge on any atom is -0.484 e. The molecule has 1 heterocycles. The summed E-state index contributed by atoms with van der Waals surface area (Å²) in [7, 11) is -3.67. The normalized spacial score (nSPS) is 14.7. The van der Waals surface area contributed by atoms with Crippen molar-refractivity contribution in [2.75, 3.05) is 38.1 Å². The molecule has 1 saturated heterocycles. The number of hydrogen-bond donors (Lipinski definition) is 1. The van der Waals surface area contributed by atoms with Crippen LogP contribution in [-0.2, 0) is 14.8 Å². The Labute approximate surface area is 243 Å². The summed E-state index contributed by atoms with van der Waals surface area (Å²) in [4.78, 5) is 14.8. The van der Waals surface area contributed by atoms with E-state index in [1.165, 1.54) is 27.6 Å². The van der Waals surface area contributed by atoms with Crippen LogP contribution in [0.4, 0.5) is 5.69 Å². The van der Waals surface area contributed by atoms with E-state index in [0.29, 0.717) is 37.6 Å². The third kappa shape index (κ3) is 6.79. The molecule has 0 saturated carbocycles. The largest absolute Gasteiger partial charge is 0.484 e. The van der Waals surface area contributed by atoms with E-state index < -0.39 is 10.0 Å². The highest BCUT2D eigenvalue weighted by Crippen LogP contribution is 2.30. The van der Waals surface area contributed by atoms with E-state index in [-0.39, 0.29) is 23.5 Å². The maximum absolute atomic E-state index is 13.4. The van der Waals surface area contributed by atoms with Gasteiger partial charge in [0.05, 0.1) is 10.9 Å². The zero-order valence-corrected chi connectivity index (χ0v) is 24.2. The van der Waals surface area contributed by atoms with Gasteiger partial charge in [0, 0.05) is 36.3 Å². The molecular formula is C31H30BrN3O4S. The minimum atomic E-state index is -3.67. The lowest BCUT2D eigenvalue weighted by Gasteiger charge is -2.39. The molecule has 40 heavy (non-hydrogen) atoms. The van der Waals surface area contributed by atoms with Gasteiger partial charge < -0.3 is 10.1 Å². The maximum Gasteiger partial charge on any atom is 0.262 e. The summed E-state index contributed by atoms with van der Waals surface area (Å²) in [5, 5.41) is 2.74. The molecule has 1 N–H and O–H groups in total. The SMILES string of the molecule is O=C(COc1ccc(Br)cc1)Nc1ccc(S(=O)(=O)N2CCN(C(c3ccccc3)c3ccccc3)CC2)cc1. The van der Waals surface area contributed by atoms with Crippen LogP contribution in [0.1, 0.15) is 17.2 Å². The number of amides is 1. The van der Waals surface area contributed by atoms with E-state index >= 15 is 0 Å². The summed E-state index contributed by atoms with van der Waals surface area (Å²) in [5.41, 5.74) is 2.87. The first-order valence-electron chi connectivity index (χ1n) is 13.0. The summed E-state index contributed by atoms with van der Waals surface area (Å²) in [6.45, 7) is 1.86. The number of rotatable bonds is 9. The average molecular weight is 621 g/mol. The molecule has 0 aliphatic carbocycles. The maximum atomic E-state index is 13.4. The highest BCUT2D eigenvalue weighted by atomic mass is 79.9. The van der Waals surface area contributed by atoms with Crippen LogP contribution in [0.15, 0.2) is 119 Å². The van der Waals surface area contributed by atoms with Crippen molar-refractivity contribution in [3.63, 3.8) is 0 Å². The second-order valence-corrected chi connectivity index (χ2v) is 12.3. The molecule has 1 fully saturated rings. The van der Waals surface area contributed by atoms with Crippen LogP contribution < -0.4 is 10.1 Å². The van der Waals surface area contributed by atoms with Crippen molar-refractivity contribution in [1.29, 1.82) is 0 Å². The number of ether oxygens (including phenoxy) is 1. The average Bonchev–Trinajstić information content (AvgIpc) is 2.99.